The molecular formula is C16H23N3O2. The predicted molar refractivity (Wildman–Crippen MR) is 83.7 cm³/mol. The zero-order valence-corrected chi connectivity index (χ0v) is 12.5. The van der Waals surface area contributed by atoms with E-state index in [1.54, 1.807) is 0 Å². The highest BCUT2D eigenvalue weighted by Crippen LogP contribution is 2.29. The summed E-state index contributed by atoms with van der Waals surface area (Å²) in [5.74, 6) is -0.0832. The molecule has 2 saturated heterocycles. The highest BCUT2D eigenvalue weighted by atomic mass is 16.5. The maximum Gasteiger partial charge on any atom is 0.231 e. The van der Waals surface area contributed by atoms with Crippen LogP contribution in [0.5, 0.6) is 0 Å². The summed E-state index contributed by atoms with van der Waals surface area (Å²) in [5, 5.41) is 6.25. The molecule has 2 heterocycles. The van der Waals surface area contributed by atoms with Crippen LogP contribution in [-0.4, -0.2) is 45.3 Å². The second-order valence-electron chi connectivity index (χ2n) is 5.74. The van der Waals surface area contributed by atoms with Gasteiger partial charge in [0.1, 0.15) is 0 Å². The van der Waals surface area contributed by atoms with Gasteiger partial charge in [0.15, 0.2) is 0 Å². The van der Waals surface area contributed by atoms with Crippen LogP contribution in [0, 0.1) is 5.92 Å². The van der Waals surface area contributed by atoms with Gasteiger partial charge in [0.25, 0.3) is 0 Å². The number of rotatable bonds is 4. The van der Waals surface area contributed by atoms with Crippen LogP contribution in [-0.2, 0) is 9.53 Å². The number of ether oxygens (including phenoxy) is 1. The molecule has 1 aromatic carbocycles. The number of nitrogens with zero attached hydrogens (tertiary/aromatic N) is 1. The van der Waals surface area contributed by atoms with Crippen molar-refractivity contribution in [1.82, 2.24) is 5.32 Å². The van der Waals surface area contributed by atoms with Gasteiger partial charge >= 0.3 is 0 Å². The van der Waals surface area contributed by atoms with Crippen molar-refractivity contribution in [1.29, 1.82) is 0 Å². The molecule has 2 aliphatic heterocycles. The Morgan fingerprint density at radius 3 is 2.76 bits per heavy atom. The number of hydrogen-bond acceptors (Lipinski definition) is 4. The molecular weight excluding hydrogens is 266 g/mol. The van der Waals surface area contributed by atoms with Gasteiger partial charge < -0.3 is 20.3 Å². The third kappa shape index (κ3) is 3.04. The van der Waals surface area contributed by atoms with Gasteiger partial charge in [-0.15, -0.1) is 0 Å². The molecule has 2 atom stereocenters. The number of carbonyl (C=O) groups is 1. The summed E-state index contributed by atoms with van der Waals surface area (Å²) in [4.78, 5) is 14.8. The lowest BCUT2D eigenvalue weighted by molar-refractivity contribution is -0.120. The third-order valence-electron chi connectivity index (χ3n) is 4.40. The molecule has 5 nitrogen and oxygen atoms in total. The number of amides is 1. The molecule has 0 radical (unpaired) electrons. The van der Waals surface area contributed by atoms with Crippen molar-refractivity contribution in [2.24, 2.45) is 5.92 Å². The fraction of sp³-hybridized carbons (Fsp3) is 0.562. The summed E-state index contributed by atoms with van der Waals surface area (Å²) in [6.45, 7) is 3.22. The Kier molecular flexibility index (Phi) is 4.41. The Hall–Kier alpha value is -1.59. The van der Waals surface area contributed by atoms with Gasteiger partial charge in [-0.1, -0.05) is 12.1 Å². The van der Waals surface area contributed by atoms with E-state index in [1.165, 1.54) is 12.8 Å². The van der Waals surface area contributed by atoms with E-state index in [0.29, 0.717) is 13.2 Å². The van der Waals surface area contributed by atoms with Crippen LogP contribution in [0.3, 0.4) is 0 Å². The first-order chi connectivity index (χ1) is 10.3. The van der Waals surface area contributed by atoms with Crippen LogP contribution in [0.1, 0.15) is 12.8 Å². The summed E-state index contributed by atoms with van der Waals surface area (Å²) in [7, 11) is 1.87. The number of anilines is 2. The first kappa shape index (κ1) is 14.4. The Morgan fingerprint density at radius 2 is 2.00 bits per heavy atom. The van der Waals surface area contributed by atoms with Crippen molar-refractivity contribution in [3.63, 3.8) is 0 Å². The number of para-hydroxylation sites is 2. The number of carbonyl (C=O) groups excluding carboxylic acids is 1. The van der Waals surface area contributed by atoms with Crippen LogP contribution in [0.15, 0.2) is 24.3 Å². The third-order valence-corrected chi connectivity index (χ3v) is 4.40. The Morgan fingerprint density at radius 1 is 1.24 bits per heavy atom. The fourth-order valence-electron chi connectivity index (χ4n) is 3.14. The molecule has 2 aliphatic rings. The number of likely N-dealkylation sites (N-methyl/N-ethyl adjacent to an activating group) is 1. The molecule has 2 fully saturated rings. The summed E-state index contributed by atoms with van der Waals surface area (Å²) >= 11 is 0. The standard InChI is InChI=1S/C16H23N3O2/c1-17-14-11-21-10-12(14)16(20)18-13-6-2-3-7-15(13)19-8-4-5-9-19/h2-3,6-7,12,14,17H,4-5,8-11H2,1H3,(H,18,20). The molecule has 2 unspecified atom stereocenters. The predicted octanol–water partition coefficient (Wildman–Crippen LogP) is 1.46. The maximum atomic E-state index is 12.5. The quantitative estimate of drug-likeness (QED) is 0.881. The van der Waals surface area contributed by atoms with Gasteiger partial charge in [-0.2, -0.15) is 0 Å². The molecule has 0 bridgehead atoms. The highest BCUT2D eigenvalue weighted by molar-refractivity contribution is 5.96. The van der Waals surface area contributed by atoms with E-state index in [2.05, 4.69) is 21.6 Å². The minimum atomic E-state index is -0.123. The molecule has 21 heavy (non-hydrogen) atoms. The van der Waals surface area contributed by atoms with Gasteiger partial charge in [-0.05, 0) is 32.0 Å². The van der Waals surface area contributed by atoms with E-state index < -0.39 is 0 Å². The van der Waals surface area contributed by atoms with Crippen molar-refractivity contribution >= 4 is 17.3 Å². The molecule has 0 saturated carbocycles. The maximum absolute atomic E-state index is 12.5. The van der Waals surface area contributed by atoms with Crippen molar-refractivity contribution < 1.29 is 9.53 Å². The minimum Gasteiger partial charge on any atom is -0.379 e. The second-order valence-corrected chi connectivity index (χ2v) is 5.74. The van der Waals surface area contributed by atoms with E-state index in [0.717, 1.165) is 24.5 Å². The first-order valence-electron chi connectivity index (χ1n) is 7.69. The largest absolute Gasteiger partial charge is 0.379 e. The summed E-state index contributed by atoms with van der Waals surface area (Å²) in [5.41, 5.74) is 2.04. The van der Waals surface area contributed by atoms with E-state index in [9.17, 15) is 4.79 Å². The SMILES string of the molecule is CNC1COCC1C(=O)Nc1ccccc1N1CCCC1. The molecule has 0 aromatic heterocycles. The number of hydrogen-bond donors (Lipinski definition) is 2. The van der Waals surface area contributed by atoms with Crippen molar-refractivity contribution in [3.05, 3.63) is 24.3 Å². The zero-order valence-electron chi connectivity index (χ0n) is 12.5. The molecule has 0 spiro atoms. The Labute approximate surface area is 125 Å². The van der Waals surface area contributed by atoms with E-state index >= 15 is 0 Å². The van der Waals surface area contributed by atoms with Crippen LogP contribution in [0.25, 0.3) is 0 Å². The first-order valence-corrected chi connectivity index (χ1v) is 7.69. The second kappa shape index (κ2) is 6.45. The van der Waals surface area contributed by atoms with Gasteiger partial charge in [0.05, 0.1) is 30.5 Å². The highest BCUT2D eigenvalue weighted by Gasteiger charge is 2.33. The number of nitrogens with one attached hydrogen (secondary N) is 2. The van der Waals surface area contributed by atoms with Gasteiger partial charge in [-0.3, -0.25) is 4.79 Å². The molecule has 1 aromatic rings. The normalized spacial score (nSPS) is 25.3. The van der Waals surface area contributed by atoms with Crippen molar-refractivity contribution in [3.8, 4) is 0 Å². The monoisotopic (exact) mass is 289 g/mol. The Balaban J connectivity index is 1.73. The van der Waals surface area contributed by atoms with Crippen molar-refractivity contribution in [2.75, 3.05) is 43.6 Å². The van der Waals surface area contributed by atoms with Crippen LogP contribution in [0.4, 0.5) is 11.4 Å². The lowest BCUT2D eigenvalue weighted by atomic mass is 10.0. The van der Waals surface area contributed by atoms with Crippen molar-refractivity contribution in [2.45, 2.75) is 18.9 Å². The number of benzene rings is 1. The lowest BCUT2D eigenvalue weighted by Gasteiger charge is -2.23. The van der Waals surface area contributed by atoms with E-state index in [-0.39, 0.29) is 17.9 Å². The molecule has 114 valence electrons. The average Bonchev–Trinajstić information content (AvgIpc) is 3.19. The fourth-order valence-corrected chi connectivity index (χ4v) is 3.14. The smallest absolute Gasteiger partial charge is 0.231 e. The molecule has 3 rings (SSSR count). The average molecular weight is 289 g/mol. The Bertz CT molecular complexity index is 500. The van der Waals surface area contributed by atoms with Gasteiger partial charge in [-0.25, -0.2) is 0 Å². The molecule has 2 N–H and O–H groups in total. The van der Waals surface area contributed by atoms with E-state index in [4.69, 9.17) is 4.74 Å². The van der Waals surface area contributed by atoms with Crippen LogP contribution < -0.4 is 15.5 Å². The van der Waals surface area contributed by atoms with Gasteiger partial charge in [0.2, 0.25) is 5.91 Å². The van der Waals surface area contributed by atoms with Gasteiger partial charge in [0, 0.05) is 19.1 Å². The van der Waals surface area contributed by atoms with E-state index in [1.807, 2.05) is 25.2 Å². The lowest BCUT2D eigenvalue weighted by Crippen LogP contribution is -2.39. The summed E-state index contributed by atoms with van der Waals surface area (Å²) < 4.78 is 5.42. The molecule has 5 heteroatoms. The topological polar surface area (TPSA) is 53.6 Å². The minimum absolute atomic E-state index is 0.0403. The van der Waals surface area contributed by atoms with Crippen LogP contribution >= 0.6 is 0 Å². The zero-order chi connectivity index (χ0) is 14.7. The van der Waals surface area contributed by atoms with Crippen LogP contribution in [0.2, 0.25) is 0 Å². The molecule has 1 amide bonds. The summed E-state index contributed by atoms with van der Waals surface area (Å²) in [6.07, 6.45) is 2.45. The summed E-state index contributed by atoms with van der Waals surface area (Å²) in [6, 6.07) is 8.16. The molecule has 0 aliphatic carbocycles.